The molecule has 1 aliphatic rings. The zero-order valence-electron chi connectivity index (χ0n) is 10.1. The van der Waals surface area contributed by atoms with E-state index in [1.54, 1.807) is 0 Å². The van der Waals surface area contributed by atoms with Gasteiger partial charge in [0.25, 0.3) is 0 Å². The van der Waals surface area contributed by atoms with E-state index in [1.807, 2.05) is 7.05 Å². The highest BCUT2D eigenvalue weighted by atomic mass is 32.1. The lowest BCUT2D eigenvalue weighted by atomic mass is 9.89. The molecule has 4 nitrogen and oxygen atoms in total. The Morgan fingerprint density at radius 2 is 2.18 bits per heavy atom. The van der Waals surface area contributed by atoms with Crippen LogP contribution in [0.1, 0.15) is 37.7 Å². The van der Waals surface area contributed by atoms with Crippen LogP contribution in [-0.2, 0) is 0 Å². The minimum absolute atomic E-state index is 0.364. The molecule has 0 aromatic carbocycles. The molecule has 0 atom stereocenters. The second kappa shape index (κ2) is 5.37. The van der Waals surface area contributed by atoms with E-state index >= 15 is 0 Å². The van der Waals surface area contributed by atoms with Crippen molar-refractivity contribution in [3.63, 3.8) is 0 Å². The fourth-order valence-corrected chi connectivity index (χ4v) is 3.23. The molecule has 0 saturated heterocycles. The van der Waals surface area contributed by atoms with Crippen LogP contribution in [0.3, 0.4) is 0 Å². The average molecular weight is 250 g/mol. The molecular weight excluding hydrogens is 232 g/mol. The van der Waals surface area contributed by atoms with Crippen LogP contribution in [0.25, 0.3) is 0 Å². The van der Waals surface area contributed by atoms with E-state index in [-0.39, 0.29) is 0 Å². The van der Waals surface area contributed by atoms with E-state index in [0.717, 1.165) is 17.5 Å². The number of nitrogen functional groups attached to an aromatic ring is 1. The number of rotatable bonds is 3. The molecular formula is C12H18N4S. The van der Waals surface area contributed by atoms with E-state index in [2.05, 4.69) is 15.3 Å². The summed E-state index contributed by atoms with van der Waals surface area (Å²) < 4.78 is 4.06. The van der Waals surface area contributed by atoms with E-state index < -0.39 is 0 Å². The van der Waals surface area contributed by atoms with Gasteiger partial charge in [-0.3, -0.25) is 0 Å². The maximum Gasteiger partial charge on any atom is 0.157 e. The first-order valence-electron chi connectivity index (χ1n) is 6.08. The smallest absolute Gasteiger partial charge is 0.157 e. The zero-order chi connectivity index (χ0) is 12.3. The minimum atomic E-state index is 0.364. The molecule has 0 amide bonds. The molecule has 1 fully saturated rings. The Balaban J connectivity index is 2.03. The van der Waals surface area contributed by atoms with Crippen LogP contribution in [0.15, 0.2) is 0 Å². The second-order valence-electron chi connectivity index (χ2n) is 4.74. The molecule has 0 unspecified atom stereocenters. The summed E-state index contributed by atoms with van der Waals surface area (Å²) in [6.45, 7) is 1.01. The van der Waals surface area contributed by atoms with Gasteiger partial charge in [-0.25, -0.2) is 0 Å². The lowest BCUT2D eigenvalue weighted by molar-refractivity contribution is 0.362. The van der Waals surface area contributed by atoms with Gasteiger partial charge in [0.1, 0.15) is 16.6 Å². The number of nitrogens with zero attached hydrogens (tertiary/aromatic N) is 3. The highest BCUT2D eigenvalue weighted by Gasteiger charge is 2.19. The van der Waals surface area contributed by atoms with Crippen LogP contribution in [-0.4, -0.2) is 18.0 Å². The normalized spacial score (nSPS) is 16.7. The maximum atomic E-state index is 9.05. The van der Waals surface area contributed by atoms with Crippen LogP contribution in [0.4, 0.5) is 10.8 Å². The van der Waals surface area contributed by atoms with E-state index in [4.69, 9.17) is 11.0 Å². The van der Waals surface area contributed by atoms with Gasteiger partial charge in [-0.1, -0.05) is 19.3 Å². The third-order valence-electron chi connectivity index (χ3n) is 3.42. The van der Waals surface area contributed by atoms with Gasteiger partial charge in [-0.05, 0) is 30.3 Å². The van der Waals surface area contributed by atoms with Gasteiger partial charge in [-0.2, -0.15) is 9.64 Å². The van der Waals surface area contributed by atoms with Crippen molar-refractivity contribution in [3.05, 3.63) is 5.56 Å². The fourth-order valence-electron chi connectivity index (χ4n) is 2.50. The first-order valence-corrected chi connectivity index (χ1v) is 6.86. The highest BCUT2D eigenvalue weighted by molar-refractivity contribution is 7.10. The Morgan fingerprint density at radius 3 is 2.82 bits per heavy atom. The molecule has 0 spiro atoms. The van der Waals surface area contributed by atoms with Crippen molar-refractivity contribution in [2.24, 2.45) is 5.92 Å². The largest absolute Gasteiger partial charge is 0.382 e. The highest BCUT2D eigenvalue weighted by Crippen LogP contribution is 2.31. The van der Waals surface area contributed by atoms with Crippen molar-refractivity contribution in [1.82, 2.24) is 4.37 Å². The second-order valence-corrected chi connectivity index (χ2v) is 5.50. The van der Waals surface area contributed by atoms with Gasteiger partial charge in [-0.15, -0.1) is 0 Å². The molecule has 1 aromatic rings. The van der Waals surface area contributed by atoms with Crippen LogP contribution in [0.2, 0.25) is 0 Å². The Kier molecular flexibility index (Phi) is 3.85. The molecule has 0 aliphatic heterocycles. The topological polar surface area (TPSA) is 65.9 Å². The van der Waals surface area contributed by atoms with Crippen molar-refractivity contribution in [2.45, 2.75) is 32.1 Å². The van der Waals surface area contributed by atoms with Gasteiger partial charge in [0.2, 0.25) is 0 Å². The molecule has 1 heterocycles. The van der Waals surface area contributed by atoms with Crippen LogP contribution in [0, 0.1) is 17.2 Å². The monoisotopic (exact) mass is 250 g/mol. The van der Waals surface area contributed by atoms with Gasteiger partial charge < -0.3 is 10.6 Å². The third kappa shape index (κ3) is 2.70. The molecule has 92 valence electrons. The predicted molar refractivity (Wildman–Crippen MR) is 71.1 cm³/mol. The van der Waals surface area contributed by atoms with Crippen molar-refractivity contribution in [3.8, 4) is 6.07 Å². The summed E-state index contributed by atoms with van der Waals surface area (Å²) in [5.41, 5.74) is 6.21. The van der Waals surface area contributed by atoms with Crippen LogP contribution in [0.5, 0.6) is 0 Å². The maximum absolute atomic E-state index is 9.05. The molecule has 17 heavy (non-hydrogen) atoms. The number of hydrogen-bond donors (Lipinski definition) is 1. The Labute approximate surface area is 106 Å². The number of aromatic nitrogens is 1. The fraction of sp³-hybridized carbons (Fsp3) is 0.667. The van der Waals surface area contributed by atoms with Crippen molar-refractivity contribution in [1.29, 1.82) is 5.26 Å². The van der Waals surface area contributed by atoms with Gasteiger partial charge >= 0.3 is 0 Å². The lowest BCUT2D eigenvalue weighted by Gasteiger charge is -2.27. The van der Waals surface area contributed by atoms with Crippen molar-refractivity contribution >= 4 is 22.4 Å². The molecule has 0 bridgehead atoms. The third-order valence-corrected chi connectivity index (χ3v) is 4.39. The SMILES string of the molecule is CN(CC1CCCCC1)c1snc(N)c1C#N. The van der Waals surface area contributed by atoms with Gasteiger partial charge in [0.05, 0.1) is 0 Å². The number of nitrogens with two attached hydrogens (primary N) is 1. The average Bonchev–Trinajstić information content (AvgIpc) is 2.71. The molecule has 2 N–H and O–H groups in total. The molecule has 1 aromatic heterocycles. The molecule has 5 heteroatoms. The Morgan fingerprint density at radius 1 is 1.47 bits per heavy atom. The summed E-state index contributed by atoms with van der Waals surface area (Å²) in [4.78, 5) is 2.14. The van der Waals surface area contributed by atoms with Gasteiger partial charge in [0, 0.05) is 13.6 Å². The predicted octanol–water partition coefficient (Wildman–Crippen LogP) is 2.61. The Hall–Kier alpha value is -1.28. The van der Waals surface area contributed by atoms with E-state index in [9.17, 15) is 0 Å². The number of anilines is 2. The summed E-state index contributed by atoms with van der Waals surface area (Å²) in [7, 11) is 2.03. The summed E-state index contributed by atoms with van der Waals surface area (Å²) in [5, 5.41) is 9.97. The zero-order valence-corrected chi connectivity index (χ0v) is 11.0. The lowest BCUT2D eigenvalue weighted by Crippen LogP contribution is -2.26. The summed E-state index contributed by atoms with van der Waals surface area (Å²) in [6, 6.07) is 2.14. The number of nitriles is 1. The Bertz CT molecular complexity index is 415. The standard InChI is InChI=1S/C12H18N4S/c1-16(8-9-5-3-2-4-6-9)12-10(7-13)11(14)15-17-12/h9H,2-6,8H2,1H3,(H2,14,15). The molecule has 2 rings (SSSR count). The minimum Gasteiger partial charge on any atom is -0.382 e. The van der Waals surface area contributed by atoms with Gasteiger partial charge in [0.15, 0.2) is 5.82 Å². The first kappa shape index (κ1) is 12.2. The van der Waals surface area contributed by atoms with Crippen LogP contribution >= 0.6 is 11.5 Å². The summed E-state index contributed by atoms with van der Waals surface area (Å²) in [6.07, 6.45) is 6.67. The van der Waals surface area contributed by atoms with E-state index in [1.165, 1.54) is 43.6 Å². The van der Waals surface area contributed by atoms with Crippen LogP contribution < -0.4 is 10.6 Å². The molecule has 1 aliphatic carbocycles. The van der Waals surface area contributed by atoms with Crippen molar-refractivity contribution < 1.29 is 0 Å². The quantitative estimate of drug-likeness (QED) is 0.895. The number of hydrogen-bond acceptors (Lipinski definition) is 5. The van der Waals surface area contributed by atoms with Crippen molar-refractivity contribution in [2.75, 3.05) is 24.2 Å². The first-order chi connectivity index (χ1) is 8.22. The summed E-state index contributed by atoms with van der Waals surface area (Å²) in [5.74, 6) is 1.12. The summed E-state index contributed by atoms with van der Waals surface area (Å²) >= 11 is 1.33. The van der Waals surface area contributed by atoms with E-state index in [0.29, 0.717) is 11.4 Å². The molecule has 1 saturated carbocycles. The molecule has 0 radical (unpaired) electrons.